The number of carbonyl (C=O) groups excluding carboxylic acids is 1. The van der Waals surface area contributed by atoms with Gasteiger partial charge in [-0.2, -0.15) is 0 Å². The van der Waals surface area contributed by atoms with E-state index in [0.29, 0.717) is 6.61 Å². The van der Waals surface area contributed by atoms with Crippen LogP contribution in [0.25, 0.3) is 0 Å². The number of amides is 1. The lowest BCUT2D eigenvalue weighted by Crippen LogP contribution is -2.45. The minimum absolute atomic E-state index is 0.0773. The average molecular weight is 231 g/mol. The van der Waals surface area contributed by atoms with Crippen LogP contribution >= 0.6 is 0 Å². The normalized spacial score (nSPS) is 29.4. The van der Waals surface area contributed by atoms with Gasteiger partial charge >= 0.3 is 0 Å². The van der Waals surface area contributed by atoms with Gasteiger partial charge in [0.15, 0.2) is 0 Å². The van der Waals surface area contributed by atoms with E-state index in [1.807, 2.05) is 6.92 Å². The fraction of sp³-hybridized carbons (Fsp3) is 0.909. The third kappa shape index (κ3) is 2.93. The largest absolute Gasteiger partial charge is 0.388 e. The lowest BCUT2D eigenvalue weighted by Gasteiger charge is -2.28. The summed E-state index contributed by atoms with van der Waals surface area (Å²) >= 11 is 0. The van der Waals surface area contributed by atoms with Gasteiger partial charge in [0.1, 0.15) is 12.7 Å². The minimum Gasteiger partial charge on any atom is -0.388 e. The van der Waals surface area contributed by atoms with E-state index in [1.165, 1.54) is 0 Å². The summed E-state index contributed by atoms with van der Waals surface area (Å²) in [7, 11) is 3.28. The molecule has 1 aliphatic carbocycles. The van der Waals surface area contributed by atoms with E-state index in [2.05, 4.69) is 0 Å². The summed E-state index contributed by atoms with van der Waals surface area (Å²) in [6.07, 6.45) is 0.802. The molecule has 0 radical (unpaired) electrons. The van der Waals surface area contributed by atoms with Crippen molar-refractivity contribution >= 4 is 5.91 Å². The molecule has 5 nitrogen and oxygen atoms in total. The fourth-order valence-electron chi connectivity index (χ4n) is 2.08. The minimum atomic E-state index is -0.597. The molecule has 1 amide bonds. The Balaban J connectivity index is 2.48. The van der Waals surface area contributed by atoms with Crippen LogP contribution in [0.3, 0.4) is 0 Å². The van der Waals surface area contributed by atoms with Gasteiger partial charge in [0, 0.05) is 20.8 Å². The first-order valence-corrected chi connectivity index (χ1v) is 5.66. The first-order valence-electron chi connectivity index (χ1n) is 5.66. The lowest BCUT2D eigenvalue weighted by atomic mass is 10.2. The molecule has 16 heavy (non-hydrogen) atoms. The number of likely N-dealkylation sites (N-methyl/N-ethyl adjacent to an activating group) is 1. The van der Waals surface area contributed by atoms with Crippen LogP contribution in [0.4, 0.5) is 0 Å². The van der Waals surface area contributed by atoms with E-state index in [9.17, 15) is 9.90 Å². The number of methoxy groups -OCH3 is 1. The first-order chi connectivity index (χ1) is 7.61. The molecule has 0 unspecified atom stereocenters. The Morgan fingerprint density at radius 2 is 2.19 bits per heavy atom. The van der Waals surface area contributed by atoms with Crippen molar-refractivity contribution in [2.45, 2.75) is 38.0 Å². The molecule has 0 saturated heterocycles. The second-order valence-corrected chi connectivity index (χ2v) is 4.05. The molecule has 0 aliphatic heterocycles. The van der Waals surface area contributed by atoms with Crippen LogP contribution in [0.2, 0.25) is 0 Å². The third-order valence-corrected chi connectivity index (χ3v) is 3.15. The van der Waals surface area contributed by atoms with Crippen molar-refractivity contribution in [2.24, 2.45) is 0 Å². The molecule has 0 aromatic carbocycles. The summed E-state index contributed by atoms with van der Waals surface area (Å²) in [6.45, 7) is 2.44. The number of hydrogen-bond acceptors (Lipinski definition) is 4. The van der Waals surface area contributed by atoms with E-state index in [1.54, 1.807) is 19.1 Å². The fourth-order valence-corrected chi connectivity index (χ4v) is 2.08. The van der Waals surface area contributed by atoms with Crippen LogP contribution in [-0.2, 0) is 14.3 Å². The van der Waals surface area contributed by atoms with Gasteiger partial charge in [0.05, 0.1) is 12.1 Å². The molecule has 0 aromatic rings. The highest BCUT2D eigenvalue weighted by atomic mass is 16.5. The standard InChI is InChI=1S/C11H21NO4/c1-4-16-7-10(13)12(2)8-5-6-9(15-3)11(8)14/h8-9,11,14H,4-7H2,1-3H3/t8-,9-,11-/m1/s1. The van der Waals surface area contributed by atoms with Crippen molar-refractivity contribution in [1.82, 2.24) is 4.90 Å². The SMILES string of the molecule is CCOCC(=O)N(C)[C@@H]1CC[C@@H](OC)[C@@H]1O. The predicted molar refractivity (Wildman–Crippen MR) is 59.1 cm³/mol. The Morgan fingerprint density at radius 3 is 2.69 bits per heavy atom. The van der Waals surface area contributed by atoms with Crippen LogP contribution in [-0.4, -0.2) is 61.5 Å². The molecule has 1 saturated carbocycles. The molecular formula is C11H21NO4. The van der Waals surface area contributed by atoms with Gasteiger partial charge in [0.25, 0.3) is 0 Å². The second-order valence-electron chi connectivity index (χ2n) is 4.05. The summed E-state index contributed by atoms with van der Waals surface area (Å²) in [5.74, 6) is -0.0948. The Bertz CT molecular complexity index is 234. The summed E-state index contributed by atoms with van der Waals surface area (Å²) in [5, 5.41) is 9.93. The molecule has 5 heteroatoms. The zero-order valence-electron chi connectivity index (χ0n) is 10.2. The Kier molecular flexibility index (Phi) is 5.18. The van der Waals surface area contributed by atoms with E-state index in [0.717, 1.165) is 12.8 Å². The van der Waals surface area contributed by atoms with Crippen LogP contribution < -0.4 is 0 Å². The van der Waals surface area contributed by atoms with Crippen LogP contribution in [0.15, 0.2) is 0 Å². The van der Waals surface area contributed by atoms with E-state index >= 15 is 0 Å². The van der Waals surface area contributed by atoms with Crippen LogP contribution in [0.1, 0.15) is 19.8 Å². The maximum absolute atomic E-state index is 11.7. The predicted octanol–water partition coefficient (Wildman–Crippen LogP) is 0.0196. The van der Waals surface area contributed by atoms with Crippen molar-refractivity contribution in [3.63, 3.8) is 0 Å². The molecule has 94 valence electrons. The Labute approximate surface area is 96.3 Å². The number of aliphatic hydroxyl groups excluding tert-OH is 1. The van der Waals surface area contributed by atoms with Crippen molar-refractivity contribution < 1.29 is 19.4 Å². The van der Waals surface area contributed by atoms with Gasteiger partial charge in [-0.3, -0.25) is 4.79 Å². The molecular weight excluding hydrogens is 210 g/mol. The van der Waals surface area contributed by atoms with Gasteiger partial charge in [-0.15, -0.1) is 0 Å². The molecule has 0 spiro atoms. The van der Waals surface area contributed by atoms with Crippen molar-refractivity contribution in [3.8, 4) is 0 Å². The topological polar surface area (TPSA) is 59.0 Å². The molecule has 1 N–H and O–H groups in total. The number of aliphatic hydroxyl groups is 1. The average Bonchev–Trinajstić information content (AvgIpc) is 2.66. The van der Waals surface area contributed by atoms with Gasteiger partial charge in [-0.05, 0) is 19.8 Å². The van der Waals surface area contributed by atoms with Gasteiger partial charge < -0.3 is 19.5 Å². The monoisotopic (exact) mass is 231 g/mol. The summed E-state index contributed by atoms with van der Waals surface area (Å²) in [6, 6.07) is -0.155. The zero-order valence-corrected chi connectivity index (χ0v) is 10.2. The number of ether oxygens (including phenoxy) is 2. The summed E-state index contributed by atoms with van der Waals surface area (Å²) in [4.78, 5) is 13.2. The molecule has 3 atom stereocenters. The molecule has 1 rings (SSSR count). The maximum Gasteiger partial charge on any atom is 0.248 e. The number of carbonyl (C=O) groups is 1. The highest BCUT2D eigenvalue weighted by molar-refractivity contribution is 5.77. The number of nitrogens with zero attached hydrogens (tertiary/aromatic N) is 1. The Hall–Kier alpha value is -0.650. The quantitative estimate of drug-likeness (QED) is 0.724. The smallest absolute Gasteiger partial charge is 0.248 e. The van der Waals surface area contributed by atoms with Gasteiger partial charge in [0.2, 0.25) is 5.91 Å². The molecule has 1 fully saturated rings. The van der Waals surface area contributed by atoms with Crippen LogP contribution in [0.5, 0.6) is 0 Å². The highest BCUT2D eigenvalue weighted by Gasteiger charge is 2.38. The van der Waals surface area contributed by atoms with E-state index in [4.69, 9.17) is 9.47 Å². The van der Waals surface area contributed by atoms with Crippen molar-refractivity contribution in [2.75, 3.05) is 27.4 Å². The van der Waals surface area contributed by atoms with E-state index < -0.39 is 6.10 Å². The summed E-state index contributed by atoms with van der Waals surface area (Å²) < 4.78 is 10.2. The van der Waals surface area contributed by atoms with Gasteiger partial charge in [-0.25, -0.2) is 0 Å². The van der Waals surface area contributed by atoms with Crippen molar-refractivity contribution in [3.05, 3.63) is 0 Å². The first kappa shape index (κ1) is 13.4. The molecule has 0 bridgehead atoms. The highest BCUT2D eigenvalue weighted by Crippen LogP contribution is 2.25. The van der Waals surface area contributed by atoms with Crippen LogP contribution in [0, 0.1) is 0 Å². The van der Waals surface area contributed by atoms with Gasteiger partial charge in [-0.1, -0.05) is 0 Å². The third-order valence-electron chi connectivity index (χ3n) is 3.15. The second kappa shape index (κ2) is 6.18. The molecule has 0 aromatic heterocycles. The Morgan fingerprint density at radius 1 is 1.50 bits per heavy atom. The summed E-state index contributed by atoms with van der Waals surface area (Å²) in [5.41, 5.74) is 0. The molecule has 1 aliphatic rings. The van der Waals surface area contributed by atoms with E-state index in [-0.39, 0.29) is 24.7 Å². The zero-order chi connectivity index (χ0) is 12.1. The number of rotatable bonds is 5. The molecule has 0 heterocycles. The van der Waals surface area contributed by atoms with Crippen molar-refractivity contribution in [1.29, 1.82) is 0 Å². The lowest BCUT2D eigenvalue weighted by molar-refractivity contribution is -0.139. The number of hydrogen-bond donors (Lipinski definition) is 1. The maximum atomic E-state index is 11.7.